The van der Waals surface area contributed by atoms with E-state index in [9.17, 15) is 4.79 Å². The van der Waals surface area contributed by atoms with Crippen molar-refractivity contribution in [1.82, 2.24) is 0 Å². The van der Waals surface area contributed by atoms with Gasteiger partial charge in [0.2, 0.25) is 0 Å². The maximum atomic E-state index is 10.6. The zero-order chi connectivity index (χ0) is 16.3. The summed E-state index contributed by atoms with van der Waals surface area (Å²) in [5.74, 6) is -0.0492. The van der Waals surface area contributed by atoms with Gasteiger partial charge in [0.1, 0.15) is 5.75 Å². The van der Waals surface area contributed by atoms with E-state index in [0.29, 0.717) is 0 Å². The standard InChI is InChI=1S/C18H20O3S/c1-18(2,3)15-10-12(5-7-16(15)21-4)13-9-14(22-11-13)6-8-17(19)20/h5-11H,1-4H3,(H,19,20). The normalized spacial score (nSPS) is 11.8. The molecule has 0 aliphatic rings. The number of carbonyl (C=O) groups is 1. The monoisotopic (exact) mass is 316 g/mol. The molecule has 3 nitrogen and oxygen atoms in total. The van der Waals surface area contributed by atoms with Crippen molar-refractivity contribution < 1.29 is 14.6 Å². The summed E-state index contributed by atoms with van der Waals surface area (Å²) in [4.78, 5) is 11.5. The third-order valence-corrected chi connectivity index (χ3v) is 4.25. The van der Waals surface area contributed by atoms with Crippen LogP contribution in [0.4, 0.5) is 0 Å². The highest BCUT2D eigenvalue weighted by Gasteiger charge is 2.19. The molecule has 0 fully saturated rings. The Labute approximate surface area is 134 Å². The minimum Gasteiger partial charge on any atom is -0.496 e. The van der Waals surface area contributed by atoms with Crippen LogP contribution < -0.4 is 4.74 Å². The molecule has 0 spiro atoms. The number of hydrogen-bond acceptors (Lipinski definition) is 3. The zero-order valence-corrected chi connectivity index (χ0v) is 14.0. The Balaban J connectivity index is 2.39. The van der Waals surface area contributed by atoms with E-state index >= 15 is 0 Å². The summed E-state index contributed by atoms with van der Waals surface area (Å²) >= 11 is 1.53. The van der Waals surface area contributed by atoms with Crippen LogP contribution in [0.25, 0.3) is 17.2 Å². The molecular weight excluding hydrogens is 296 g/mol. The van der Waals surface area contributed by atoms with Gasteiger partial charge in [-0.05, 0) is 46.2 Å². The van der Waals surface area contributed by atoms with Crippen LogP contribution in [0.15, 0.2) is 35.7 Å². The van der Waals surface area contributed by atoms with Crippen molar-refractivity contribution in [1.29, 1.82) is 0 Å². The first-order chi connectivity index (χ1) is 10.3. The van der Waals surface area contributed by atoms with Gasteiger partial charge in [-0.1, -0.05) is 26.8 Å². The van der Waals surface area contributed by atoms with E-state index in [0.717, 1.165) is 33.4 Å². The van der Waals surface area contributed by atoms with E-state index < -0.39 is 5.97 Å². The summed E-state index contributed by atoms with van der Waals surface area (Å²) in [6.07, 6.45) is 2.77. The van der Waals surface area contributed by atoms with Crippen molar-refractivity contribution in [2.75, 3.05) is 7.11 Å². The van der Waals surface area contributed by atoms with Crippen molar-refractivity contribution in [3.63, 3.8) is 0 Å². The lowest BCUT2D eigenvalue weighted by Crippen LogP contribution is -2.12. The second-order valence-electron chi connectivity index (χ2n) is 6.07. The Morgan fingerprint density at radius 1 is 1.23 bits per heavy atom. The lowest BCUT2D eigenvalue weighted by Gasteiger charge is -2.22. The topological polar surface area (TPSA) is 46.5 Å². The van der Waals surface area contributed by atoms with Crippen LogP contribution in [-0.4, -0.2) is 18.2 Å². The van der Waals surface area contributed by atoms with Crippen LogP contribution >= 0.6 is 11.3 Å². The average Bonchev–Trinajstić information content (AvgIpc) is 2.92. The van der Waals surface area contributed by atoms with Gasteiger partial charge in [-0.25, -0.2) is 4.79 Å². The number of thiophene rings is 1. The van der Waals surface area contributed by atoms with Crippen molar-refractivity contribution in [2.24, 2.45) is 0 Å². The minimum atomic E-state index is -0.936. The Hall–Kier alpha value is -2.07. The Bertz CT molecular complexity index is 705. The molecule has 0 saturated heterocycles. The molecule has 2 rings (SSSR count). The third-order valence-electron chi connectivity index (χ3n) is 3.35. The fraction of sp³-hybridized carbons (Fsp3) is 0.278. The second kappa shape index (κ2) is 6.36. The van der Waals surface area contributed by atoms with Crippen LogP contribution in [0.5, 0.6) is 5.75 Å². The highest BCUT2D eigenvalue weighted by Crippen LogP contribution is 2.36. The average molecular weight is 316 g/mol. The number of benzene rings is 1. The number of carboxylic acids is 1. The number of carboxylic acid groups (broad SMARTS) is 1. The number of hydrogen-bond donors (Lipinski definition) is 1. The van der Waals surface area contributed by atoms with E-state index in [2.05, 4.69) is 26.8 Å². The predicted molar refractivity (Wildman–Crippen MR) is 91.7 cm³/mol. The first kappa shape index (κ1) is 16.3. The highest BCUT2D eigenvalue weighted by atomic mass is 32.1. The van der Waals surface area contributed by atoms with Gasteiger partial charge in [0.15, 0.2) is 0 Å². The number of aliphatic carboxylic acids is 1. The summed E-state index contributed by atoms with van der Waals surface area (Å²) in [6, 6.07) is 8.16. The maximum Gasteiger partial charge on any atom is 0.328 e. The number of ether oxygens (including phenoxy) is 1. The van der Waals surface area contributed by atoms with Gasteiger partial charge in [0.05, 0.1) is 7.11 Å². The molecule has 0 radical (unpaired) electrons. The molecule has 0 aliphatic heterocycles. The van der Waals surface area contributed by atoms with Crippen molar-refractivity contribution in [3.8, 4) is 16.9 Å². The molecule has 1 heterocycles. The van der Waals surface area contributed by atoms with Crippen LogP contribution in [-0.2, 0) is 10.2 Å². The van der Waals surface area contributed by atoms with Crippen molar-refractivity contribution in [2.45, 2.75) is 26.2 Å². The summed E-state index contributed by atoms with van der Waals surface area (Å²) in [6.45, 7) is 6.47. The molecule has 0 unspecified atom stereocenters. The Kier molecular flexibility index (Phi) is 4.71. The fourth-order valence-electron chi connectivity index (χ4n) is 2.22. The molecule has 0 atom stereocenters. The lowest BCUT2D eigenvalue weighted by molar-refractivity contribution is -0.131. The number of methoxy groups -OCH3 is 1. The second-order valence-corrected chi connectivity index (χ2v) is 7.02. The van der Waals surface area contributed by atoms with E-state index in [4.69, 9.17) is 9.84 Å². The molecule has 4 heteroatoms. The highest BCUT2D eigenvalue weighted by molar-refractivity contribution is 7.11. The molecule has 116 valence electrons. The van der Waals surface area contributed by atoms with E-state index in [-0.39, 0.29) is 5.41 Å². The maximum absolute atomic E-state index is 10.6. The molecule has 2 aromatic rings. The summed E-state index contributed by atoms with van der Waals surface area (Å²) < 4.78 is 5.46. The lowest BCUT2D eigenvalue weighted by atomic mass is 9.85. The van der Waals surface area contributed by atoms with Gasteiger partial charge < -0.3 is 9.84 Å². The Morgan fingerprint density at radius 2 is 1.95 bits per heavy atom. The van der Waals surface area contributed by atoms with Crippen LogP contribution in [0.2, 0.25) is 0 Å². The predicted octanol–water partition coefficient (Wildman–Crippen LogP) is 4.82. The molecule has 0 amide bonds. The minimum absolute atomic E-state index is 0.0105. The number of rotatable bonds is 4. The van der Waals surface area contributed by atoms with Gasteiger partial charge in [-0.2, -0.15) is 0 Å². The van der Waals surface area contributed by atoms with E-state index in [1.54, 1.807) is 13.2 Å². The summed E-state index contributed by atoms with van der Waals surface area (Å²) in [5, 5.41) is 10.7. The SMILES string of the molecule is COc1ccc(-c2csc(C=CC(=O)O)c2)cc1C(C)(C)C. The largest absolute Gasteiger partial charge is 0.496 e. The fourth-order valence-corrected chi connectivity index (χ4v) is 3.03. The van der Waals surface area contributed by atoms with Gasteiger partial charge in [0.25, 0.3) is 0 Å². The molecule has 1 N–H and O–H groups in total. The molecule has 1 aromatic carbocycles. The zero-order valence-electron chi connectivity index (χ0n) is 13.2. The van der Waals surface area contributed by atoms with Crippen LogP contribution in [0.3, 0.4) is 0 Å². The molecule has 0 saturated carbocycles. The van der Waals surface area contributed by atoms with Gasteiger partial charge in [-0.3, -0.25) is 0 Å². The summed E-state index contributed by atoms with van der Waals surface area (Å²) in [7, 11) is 1.68. The quantitative estimate of drug-likeness (QED) is 0.823. The summed E-state index contributed by atoms with van der Waals surface area (Å²) in [5.41, 5.74) is 3.34. The van der Waals surface area contributed by atoms with Gasteiger partial charge >= 0.3 is 5.97 Å². The van der Waals surface area contributed by atoms with E-state index in [1.807, 2.05) is 23.6 Å². The molecular formula is C18H20O3S. The molecule has 22 heavy (non-hydrogen) atoms. The third kappa shape index (κ3) is 3.77. The van der Waals surface area contributed by atoms with Crippen LogP contribution in [0, 0.1) is 0 Å². The Morgan fingerprint density at radius 3 is 2.55 bits per heavy atom. The first-order valence-corrected chi connectivity index (χ1v) is 7.87. The van der Waals surface area contributed by atoms with Crippen molar-refractivity contribution >= 4 is 23.4 Å². The smallest absolute Gasteiger partial charge is 0.328 e. The van der Waals surface area contributed by atoms with Crippen molar-refractivity contribution in [3.05, 3.63) is 46.2 Å². The molecule has 0 bridgehead atoms. The van der Waals surface area contributed by atoms with Gasteiger partial charge in [-0.15, -0.1) is 11.3 Å². The van der Waals surface area contributed by atoms with Crippen LogP contribution in [0.1, 0.15) is 31.2 Å². The first-order valence-electron chi connectivity index (χ1n) is 6.99. The van der Waals surface area contributed by atoms with Gasteiger partial charge in [0, 0.05) is 16.5 Å². The molecule has 1 aromatic heterocycles. The molecule has 0 aliphatic carbocycles. The van der Waals surface area contributed by atoms with E-state index in [1.165, 1.54) is 11.3 Å².